The first-order valence-corrected chi connectivity index (χ1v) is 8.52. The normalized spacial score (nSPS) is 49.7. The lowest BCUT2D eigenvalue weighted by Crippen LogP contribution is -2.51. The minimum atomic E-state index is 0.0602. The van der Waals surface area contributed by atoms with Crippen molar-refractivity contribution in [2.75, 3.05) is 0 Å². The summed E-state index contributed by atoms with van der Waals surface area (Å²) in [7, 11) is 0. The van der Waals surface area contributed by atoms with Crippen molar-refractivity contribution in [1.29, 1.82) is 0 Å². The van der Waals surface area contributed by atoms with Crippen LogP contribution in [0.1, 0.15) is 46.5 Å². The Morgan fingerprint density at radius 1 is 1.11 bits per heavy atom. The van der Waals surface area contributed by atoms with E-state index in [1.165, 1.54) is 12.8 Å². The van der Waals surface area contributed by atoms with Crippen LogP contribution in [0.2, 0.25) is 0 Å². The number of ether oxygens (including phenoxy) is 1. The predicted molar refractivity (Wildman–Crippen MR) is 78.3 cm³/mol. The molecule has 2 bridgehead atoms. The van der Waals surface area contributed by atoms with Crippen LogP contribution >= 0.6 is 15.9 Å². The van der Waals surface area contributed by atoms with Crippen LogP contribution in [0.15, 0.2) is 0 Å². The van der Waals surface area contributed by atoms with Crippen molar-refractivity contribution in [3.05, 3.63) is 0 Å². The standard InChI is InChI=1S/C15H24BrNO2/c1-8-9(2)19-10(3)14(8)15(18)17-12-4-5-13(17)7-11(16)6-12/h8-14H,4-7H2,1-3H3. The van der Waals surface area contributed by atoms with Gasteiger partial charge < -0.3 is 9.64 Å². The van der Waals surface area contributed by atoms with Crippen LogP contribution in [0.4, 0.5) is 0 Å². The van der Waals surface area contributed by atoms with Crippen molar-refractivity contribution in [1.82, 2.24) is 4.90 Å². The lowest BCUT2D eigenvalue weighted by atomic mass is 9.87. The molecule has 0 radical (unpaired) electrons. The predicted octanol–water partition coefficient (Wildman–Crippen LogP) is 2.96. The van der Waals surface area contributed by atoms with Crippen molar-refractivity contribution in [3.63, 3.8) is 0 Å². The molecule has 3 nitrogen and oxygen atoms in total. The Morgan fingerprint density at radius 3 is 2.16 bits per heavy atom. The Balaban J connectivity index is 1.78. The maximum Gasteiger partial charge on any atom is 0.229 e. The number of nitrogens with zero attached hydrogens (tertiary/aromatic N) is 1. The molecular weight excluding hydrogens is 306 g/mol. The third-order valence-corrected chi connectivity index (χ3v) is 6.20. The molecule has 6 unspecified atom stereocenters. The number of piperidine rings is 1. The first-order valence-electron chi connectivity index (χ1n) is 7.60. The number of amides is 1. The number of fused-ring (bicyclic) bond motifs is 2. The summed E-state index contributed by atoms with van der Waals surface area (Å²) < 4.78 is 5.85. The molecule has 3 fully saturated rings. The fourth-order valence-electron chi connectivity index (χ4n) is 4.33. The van der Waals surface area contributed by atoms with Gasteiger partial charge in [-0.1, -0.05) is 22.9 Å². The summed E-state index contributed by atoms with van der Waals surface area (Å²) in [5.41, 5.74) is 0. The second kappa shape index (κ2) is 5.03. The van der Waals surface area contributed by atoms with Gasteiger partial charge in [0.05, 0.1) is 18.1 Å². The average molecular weight is 330 g/mol. The highest BCUT2D eigenvalue weighted by molar-refractivity contribution is 9.09. The molecule has 1 amide bonds. The van der Waals surface area contributed by atoms with Crippen LogP contribution < -0.4 is 0 Å². The van der Waals surface area contributed by atoms with E-state index in [0.29, 0.717) is 28.7 Å². The minimum Gasteiger partial charge on any atom is -0.374 e. The van der Waals surface area contributed by atoms with Crippen LogP contribution in [0.3, 0.4) is 0 Å². The third-order valence-electron chi connectivity index (χ3n) is 5.46. The SMILES string of the molecule is CC1OC(C)C(C(=O)N2C3CCC2CC(Br)C3)C1C. The molecule has 3 saturated heterocycles. The zero-order chi connectivity index (χ0) is 13.7. The van der Waals surface area contributed by atoms with Gasteiger partial charge in [0.15, 0.2) is 0 Å². The Morgan fingerprint density at radius 2 is 1.68 bits per heavy atom. The van der Waals surface area contributed by atoms with Crippen LogP contribution in [-0.4, -0.2) is 39.9 Å². The minimum absolute atomic E-state index is 0.0602. The van der Waals surface area contributed by atoms with E-state index in [4.69, 9.17) is 4.74 Å². The highest BCUT2D eigenvalue weighted by Crippen LogP contribution is 2.42. The summed E-state index contributed by atoms with van der Waals surface area (Å²) in [6, 6.07) is 0.928. The molecular formula is C15H24BrNO2. The van der Waals surface area contributed by atoms with Gasteiger partial charge in [-0.2, -0.15) is 0 Å². The number of hydrogen-bond donors (Lipinski definition) is 0. The van der Waals surface area contributed by atoms with E-state index in [1.807, 2.05) is 0 Å². The molecule has 3 heterocycles. The van der Waals surface area contributed by atoms with Gasteiger partial charge in [-0.05, 0) is 45.4 Å². The fraction of sp³-hybridized carbons (Fsp3) is 0.933. The van der Waals surface area contributed by atoms with E-state index in [1.54, 1.807) is 0 Å². The number of halogens is 1. The number of carbonyl (C=O) groups excluding carboxylic acids is 1. The Bertz CT molecular complexity index is 361. The van der Waals surface area contributed by atoms with E-state index in [2.05, 4.69) is 41.6 Å². The summed E-state index contributed by atoms with van der Waals surface area (Å²) in [4.78, 5) is 15.8. The molecule has 4 heteroatoms. The molecule has 3 aliphatic rings. The van der Waals surface area contributed by atoms with Gasteiger partial charge in [-0.3, -0.25) is 4.79 Å². The van der Waals surface area contributed by atoms with Gasteiger partial charge >= 0.3 is 0 Å². The molecule has 3 rings (SSSR count). The summed E-state index contributed by atoms with van der Waals surface area (Å²) in [6.45, 7) is 6.31. The van der Waals surface area contributed by atoms with Crippen LogP contribution in [0.25, 0.3) is 0 Å². The number of rotatable bonds is 1. The average Bonchev–Trinajstić information content (AvgIpc) is 2.74. The summed E-state index contributed by atoms with van der Waals surface area (Å²) >= 11 is 3.74. The van der Waals surface area contributed by atoms with E-state index in [-0.39, 0.29) is 18.1 Å². The van der Waals surface area contributed by atoms with Crippen molar-refractivity contribution in [3.8, 4) is 0 Å². The Hall–Kier alpha value is -0.0900. The molecule has 0 N–H and O–H groups in total. The van der Waals surface area contributed by atoms with Gasteiger partial charge in [0, 0.05) is 16.9 Å². The van der Waals surface area contributed by atoms with E-state index < -0.39 is 0 Å². The van der Waals surface area contributed by atoms with Gasteiger partial charge in [0.25, 0.3) is 0 Å². The zero-order valence-corrected chi connectivity index (χ0v) is 13.6. The molecule has 0 spiro atoms. The van der Waals surface area contributed by atoms with Gasteiger partial charge in [-0.15, -0.1) is 0 Å². The third kappa shape index (κ3) is 2.25. The lowest BCUT2D eigenvalue weighted by molar-refractivity contribution is -0.142. The number of alkyl halides is 1. The Kier molecular flexibility index (Phi) is 3.67. The quantitative estimate of drug-likeness (QED) is 0.692. The van der Waals surface area contributed by atoms with Crippen LogP contribution in [-0.2, 0) is 9.53 Å². The smallest absolute Gasteiger partial charge is 0.229 e. The molecule has 0 aromatic rings. The molecule has 19 heavy (non-hydrogen) atoms. The van der Waals surface area contributed by atoms with E-state index >= 15 is 0 Å². The van der Waals surface area contributed by atoms with Crippen molar-refractivity contribution in [2.45, 2.75) is 75.6 Å². The first kappa shape index (κ1) is 13.9. The van der Waals surface area contributed by atoms with E-state index in [9.17, 15) is 4.79 Å². The highest BCUT2D eigenvalue weighted by atomic mass is 79.9. The van der Waals surface area contributed by atoms with Gasteiger partial charge in [0.2, 0.25) is 5.91 Å². The molecule has 3 aliphatic heterocycles. The first-order chi connectivity index (χ1) is 8.99. The second-order valence-electron chi connectivity index (χ2n) is 6.63. The summed E-state index contributed by atoms with van der Waals surface area (Å²) in [6.07, 6.45) is 4.88. The van der Waals surface area contributed by atoms with Crippen molar-refractivity contribution >= 4 is 21.8 Å². The molecule has 0 aliphatic carbocycles. The number of carbonyl (C=O) groups is 1. The van der Waals surface area contributed by atoms with Crippen molar-refractivity contribution < 1.29 is 9.53 Å². The maximum atomic E-state index is 13.0. The van der Waals surface area contributed by atoms with Crippen molar-refractivity contribution in [2.24, 2.45) is 11.8 Å². The Labute approximate surface area is 124 Å². The fourth-order valence-corrected chi connectivity index (χ4v) is 5.20. The zero-order valence-electron chi connectivity index (χ0n) is 12.0. The van der Waals surface area contributed by atoms with Crippen LogP contribution in [0.5, 0.6) is 0 Å². The summed E-state index contributed by atoms with van der Waals surface area (Å²) in [5.74, 6) is 0.754. The summed E-state index contributed by atoms with van der Waals surface area (Å²) in [5, 5.41) is 0. The largest absolute Gasteiger partial charge is 0.374 e. The molecule has 0 aromatic heterocycles. The monoisotopic (exact) mass is 329 g/mol. The molecule has 0 saturated carbocycles. The van der Waals surface area contributed by atoms with Crippen LogP contribution in [0, 0.1) is 11.8 Å². The number of hydrogen-bond acceptors (Lipinski definition) is 2. The molecule has 6 atom stereocenters. The van der Waals surface area contributed by atoms with Gasteiger partial charge in [0.1, 0.15) is 0 Å². The lowest BCUT2D eigenvalue weighted by Gasteiger charge is -2.39. The maximum absolute atomic E-state index is 13.0. The molecule has 0 aromatic carbocycles. The highest BCUT2D eigenvalue weighted by Gasteiger charge is 2.49. The molecule has 108 valence electrons. The topological polar surface area (TPSA) is 29.5 Å². The van der Waals surface area contributed by atoms with Gasteiger partial charge in [-0.25, -0.2) is 0 Å². The van der Waals surface area contributed by atoms with E-state index in [0.717, 1.165) is 12.8 Å². The second-order valence-corrected chi connectivity index (χ2v) is 7.93.